The summed E-state index contributed by atoms with van der Waals surface area (Å²) in [7, 11) is 5.70. The summed E-state index contributed by atoms with van der Waals surface area (Å²) in [6, 6.07) is 7.72. The van der Waals surface area contributed by atoms with Crippen molar-refractivity contribution in [1.29, 1.82) is 0 Å². The van der Waals surface area contributed by atoms with E-state index in [-0.39, 0.29) is 11.8 Å². The van der Waals surface area contributed by atoms with Crippen molar-refractivity contribution in [2.75, 3.05) is 46.2 Å². The summed E-state index contributed by atoms with van der Waals surface area (Å²) in [5.74, 6) is 2.97. The number of rotatable bonds is 5. The van der Waals surface area contributed by atoms with Crippen LogP contribution >= 0.6 is 0 Å². The van der Waals surface area contributed by atoms with E-state index in [1.165, 1.54) is 5.56 Å². The highest BCUT2D eigenvalue weighted by atomic mass is 16.5. The van der Waals surface area contributed by atoms with E-state index in [9.17, 15) is 4.79 Å². The van der Waals surface area contributed by atoms with Crippen molar-refractivity contribution < 1.29 is 9.53 Å². The molecule has 4 rings (SSSR count). The number of likely N-dealkylation sites (N-methyl/N-ethyl adjacent to an activating group) is 1. The van der Waals surface area contributed by atoms with Gasteiger partial charge in [-0.2, -0.15) is 0 Å². The number of nitrogens with zero attached hydrogens (tertiary/aromatic N) is 4. The van der Waals surface area contributed by atoms with Crippen LogP contribution in [0.4, 0.5) is 5.82 Å². The van der Waals surface area contributed by atoms with Gasteiger partial charge in [0.1, 0.15) is 17.4 Å². The number of likely N-dealkylation sites (tertiary alicyclic amines) is 1. The number of benzene rings is 1. The van der Waals surface area contributed by atoms with Gasteiger partial charge in [0.2, 0.25) is 5.91 Å². The molecule has 1 aromatic carbocycles. The van der Waals surface area contributed by atoms with E-state index in [0.717, 1.165) is 67.5 Å². The lowest BCUT2D eigenvalue weighted by Gasteiger charge is -2.33. The summed E-state index contributed by atoms with van der Waals surface area (Å²) in [4.78, 5) is 27.0. The first-order chi connectivity index (χ1) is 14.6. The molecule has 1 saturated heterocycles. The number of hydrogen-bond acceptors (Lipinski definition) is 6. The first-order valence-electron chi connectivity index (χ1n) is 10.7. The molecule has 0 spiro atoms. The molecule has 0 aliphatic carbocycles. The quantitative estimate of drug-likeness (QED) is 0.818. The fraction of sp³-hybridized carbons (Fsp3) is 0.522. The van der Waals surface area contributed by atoms with Crippen molar-refractivity contribution in [3.63, 3.8) is 0 Å². The van der Waals surface area contributed by atoms with Crippen molar-refractivity contribution in [2.24, 2.45) is 0 Å². The molecule has 7 nitrogen and oxygen atoms in total. The van der Waals surface area contributed by atoms with Gasteiger partial charge in [-0.1, -0.05) is 12.1 Å². The molecule has 1 fully saturated rings. The molecule has 3 heterocycles. The van der Waals surface area contributed by atoms with E-state index < -0.39 is 0 Å². The summed E-state index contributed by atoms with van der Waals surface area (Å²) < 4.78 is 5.20. The van der Waals surface area contributed by atoms with Gasteiger partial charge in [0.15, 0.2) is 0 Å². The second kappa shape index (κ2) is 9.00. The highest BCUT2D eigenvalue weighted by Gasteiger charge is 2.29. The fourth-order valence-electron chi connectivity index (χ4n) is 4.41. The minimum Gasteiger partial charge on any atom is -0.497 e. The molecule has 2 aromatic rings. The number of anilines is 1. The summed E-state index contributed by atoms with van der Waals surface area (Å²) in [5.41, 5.74) is 3.37. The highest BCUT2D eigenvalue weighted by molar-refractivity contribution is 5.79. The molecule has 1 unspecified atom stereocenters. The first kappa shape index (κ1) is 20.6. The van der Waals surface area contributed by atoms with E-state index in [1.807, 2.05) is 36.2 Å². The second-order valence-electron chi connectivity index (χ2n) is 8.30. The van der Waals surface area contributed by atoms with Crippen LogP contribution in [-0.4, -0.2) is 66.5 Å². The number of carbonyl (C=O) groups excluding carboxylic acids is 1. The maximum absolute atomic E-state index is 12.9. The molecule has 1 N–H and O–H groups in total. The zero-order valence-electron chi connectivity index (χ0n) is 18.1. The monoisotopic (exact) mass is 409 g/mol. The van der Waals surface area contributed by atoms with Gasteiger partial charge in [0.25, 0.3) is 0 Å². The molecule has 2 aliphatic rings. The summed E-state index contributed by atoms with van der Waals surface area (Å²) in [6.07, 6.45) is 3.38. The highest BCUT2D eigenvalue weighted by Crippen LogP contribution is 2.29. The van der Waals surface area contributed by atoms with E-state index in [4.69, 9.17) is 14.7 Å². The largest absolute Gasteiger partial charge is 0.497 e. The number of carbonyl (C=O) groups is 1. The lowest BCUT2D eigenvalue weighted by atomic mass is 9.95. The number of piperidine rings is 1. The number of nitrogens with one attached hydrogen (secondary N) is 1. The number of aromatic nitrogens is 2. The van der Waals surface area contributed by atoms with Crippen LogP contribution in [0.5, 0.6) is 5.75 Å². The Morgan fingerprint density at radius 2 is 2.03 bits per heavy atom. The van der Waals surface area contributed by atoms with Crippen LogP contribution in [0.3, 0.4) is 0 Å². The minimum atomic E-state index is 0.163. The lowest BCUT2D eigenvalue weighted by molar-refractivity contribution is -0.131. The smallest absolute Gasteiger partial charge is 0.227 e. The molecule has 1 atom stereocenters. The van der Waals surface area contributed by atoms with Crippen LogP contribution in [-0.2, 0) is 24.2 Å². The molecule has 0 bridgehead atoms. The Kier molecular flexibility index (Phi) is 6.18. The molecule has 30 heavy (non-hydrogen) atoms. The van der Waals surface area contributed by atoms with Gasteiger partial charge >= 0.3 is 0 Å². The fourth-order valence-corrected chi connectivity index (χ4v) is 4.41. The Morgan fingerprint density at radius 3 is 2.77 bits per heavy atom. The molecule has 2 aliphatic heterocycles. The number of methoxy groups -OCH3 is 1. The Balaban J connectivity index is 1.48. The normalized spacial score (nSPS) is 19.3. The van der Waals surface area contributed by atoms with E-state index in [1.54, 1.807) is 7.11 Å². The predicted molar refractivity (Wildman–Crippen MR) is 117 cm³/mol. The van der Waals surface area contributed by atoms with Gasteiger partial charge in [0.05, 0.1) is 19.2 Å². The van der Waals surface area contributed by atoms with E-state index >= 15 is 0 Å². The molecule has 1 amide bonds. The van der Waals surface area contributed by atoms with Crippen LogP contribution in [0.2, 0.25) is 0 Å². The number of hydrogen-bond donors (Lipinski definition) is 1. The topological polar surface area (TPSA) is 70.6 Å². The van der Waals surface area contributed by atoms with Gasteiger partial charge in [0, 0.05) is 44.7 Å². The number of ether oxygens (including phenoxy) is 1. The van der Waals surface area contributed by atoms with Crippen molar-refractivity contribution in [3.05, 3.63) is 46.9 Å². The molecule has 1 aromatic heterocycles. The third-order valence-corrected chi connectivity index (χ3v) is 6.16. The maximum atomic E-state index is 12.9. The summed E-state index contributed by atoms with van der Waals surface area (Å²) in [5, 5.41) is 3.26. The lowest BCUT2D eigenvalue weighted by Crippen LogP contribution is -2.40. The second-order valence-corrected chi connectivity index (χ2v) is 8.30. The van der Waals surface area contributed by atoms with Gasteiger partial charge in [-0.25, -0.2) is 9.97 Å². The van der Waals surface area contributed by atoms with Crippen molar-refractivity contribution in [3.8, 4) is 5.75 Å². The van der Waals surface area contributed by atoms with Crippen molar-refractivity contribution in [1.82, 2.24) is 19.8 Å². The van der Waals surface area contributed by atoms with Crippen LogP contribution in [0.25, 0.3) is 0 Å². The Morgan fingerprint density at radius 1 is 1.23 bits per heavy atom. The molecule has 7 heteroatoms. The SMILES string of the molecule is CNc1nc(C2CCCN(C(=O)Cc3ccc(OC)cc3)C2)nc2c1CCN(C)C2. The Bertz CT molecular complexity index is 899. The summed E-state index contributed by atoms with van der Waals surface area (Å²) in [6.45, 7) is 3.37. The van der Waals surface area contributed by atoms with Gasteiger partial charge in [-0.3, -0.25) is 4.79 Å². The van der Waals surface area contributed by atoms with Crippen LogP contribution < -0.4 is 10.1 Å². The van der Waals surface area contributed by atoms with Crippen LogP contribution in [0.1, 0.15) is 41.4 Å². The third-order valence-electron chi connectivity index (χ3n) is 6.16. The van der Waals surface area contributed by atoms with Crippen molar-refractivity contribution >= 4 is 11.7 Å². The molecular formula is C23H31N5O2. The Hall–Kier alpha value is -2.67. The molecule has 0 radical (unpaired) electrons. The molecule has 0 saturated carbocycles. The average Bonchev–Trinajstić information content (AvgIpc) is 2.78. The predicted octanol–water partition coefficient (Wildman–Crippen LogP) is 2.46. The zero-order chi connectivity index (χ0) is 21.1. The van der Waals surface area contributed by atoms with Gasteiger partial charge in [-0.15, -0.1) is 0 Å². The standard InChI is InChI=1S/C23H31N5O2/c1-24-23-19-10-12-27(2)15-20(19)25-22(26-23)17-5-4-11-28(14-17)21(29)13-16-6-8-18(30-3)9-7-16/h6-9,17H,4-5,10-15H2,1-3H3,(H,24,25,26). The average molecular weight is 410 g/mol. The van der Waals surface area contributed by atoms with Crippen LogP contribution in [0, 0.1) is 0 Å². The maximum Gasteiger partial charge on any atom is 0.227 e. The van der Waals surface area contributed by atoms with Gasteiger partial charge < -0.3 is 19.9 Å². The minimum absolute atomic E-state index is 0.163. The van der Waals surface area contributed by atoms with E-state index in [0.29, 0.717) is 13.0 Å². The van der Waals surface area contributed by atoms with Gasteiger partial charge in [-0.05, 0) is 44.0 Å². The number of amides is 1. The zero-order valence-corrected chi connectivity index (χ0v) is 18.1. The molecule has 160 valence electrons. The Labute approximate surface area is 178 Å². The molecular weight excluding hydrogens is 378 g/mol. The first-order valence-corrected chi connectivity index (χ1v) is 10.7. The summed E-state index contributed by atoms with van der Waals surface area (Å²) >= 11 is 0. The third kappa shape index (κ3) is 4.41. The van der Waals surface area contributed by atoms with Crippen molar-refractivity contribution in [2.45, 2.75) is 38.1 Å². The van der Waals surface area contributed by atoms with E-state index in [2.05, 4.69) is 17.3 Å². The number of fused-ring (bicyclic) bond motifs is 1. The van der Waals surface area contributed by atoms with Crippen LogP contribution in [0.15, 0.2) is 24.3 Å².